The second kappa shape index (κ2) is 4.26. The lowest BCUT2D eigenvalue weighted by atomic mass is 9.79. The highest BCUT2D eigenvalue weighted by Gasteiger charge is 2.36. The number of allylic oxidation sites excluding steroid dienone is 1. The van der Waals surface area contributed by atoms with Crippen LogP contribution in [0.1, 0.15) is 62.3 Å². The van der Waals surface area contributed by atoms with E-state index in [1.54, 1.807) is 22.3 Å². The fourth-order valence-corrected chi connectivity index (χ4v) is 3.81. The van der Waals surface area contributed by atoms with Gasteiger partial charge in [0.05, 0.1) is 0 Å². The van der Waals surface area contributed by atoms with Crippen LogP contribution in [0, 0.1) is 5.41 Å². The van der Waals surface area contributed by atoms with Gasteiger partial charge >= 0.3 is 0 Å². The number of benzene rings is 1. The highest BCUT2D eigenvalue weighted by molar-refractivity contribution is 5.67. The summed E-state index contributed by atoms with van der Waals surface area (Å²) in [6.07, 6.45) is 10.1. The third-order valence-electron chi connectivity index (χ3n) is 5.40. The summed E-state index contributed by atoms with van der Waals surface area (Å²) in [5.41, 5.74) is 8.69. The van der Waals surface area contributed by atoms with Gasteiger partial charge in [-0.3, -0.25) is 0 Å². The number of hydrogen-bond acceptors (Lipinski definition) is 0. The quantitative estimate of drug-likeness (QED) is 0.702. The van der Waals surface area contributed by atoms with Gasteiger partial charge in [-0.15, -0.1) is 0 Å². The third kappa shape index (κ3) is 1.66. The molecule has 0 atom stereocenters. The van der Waals surface area contributed by atoms with Crippen molar-refractivity contribution >= 4 is 6.08 Å². The summed E-state index contributed by atoms with van der Waals surface area (Å²) in [5, 5.41) is 0. The van der Waals surface area contributed by atoms with Crippen molar-refractivity contribution in [3.8, 4) is 0 Å². The van der Waals surface area contributed by atoms with Crippen LogP contribution in [0.4, 0.5) is 0 Å². The molecule has 0 heterocycles. The number of fused-ring (bicyclic) bond motifs is 3. The van der Waals surface area contributed by atoms with E-state index in [0.717, 1.165) is 0 Å². The van der Waals surface area contributed by atoms with Crippen LogP contribution < -0.4 is 0 Å². The smallest absolute Gasteiger partial charge is 0.00551 e. The molecule has 0 N–H and O–H groups in total. The van der Waals surface area contributed by atoms with Crippen LogP contribution >= 0.6 is 0 Å². The summed E-state index contributed by atoms with van der Waals surface area (Å²) in [4.78, 5) is 0. The molecule has 96 valence electrons. The maximum atomic E-state index is 2.42. The highest BCUT2D eigenvalue weighted by Crippen LogP contribution is 2.45. The number of hydrogen-bond donors (Lipinski definition) is 0. The molecule has 0 nitrogen and oxygen atoms in total. The Kier molecular flexibility index (Phi) is 2.84. The van der Waals surface area contributed by atoms with E-state index in [4.69, 9.17) is 0 Å². The van der Waals surface area contributed by atoms with E-state index in [-0.39, 0.29) is 0 Å². The van der Waals surface area contributed by atoms with Crippen molar-refractivity contribution in [1.29, 1.82) is 0 Å². The van der Waals surface area contributed by atoms with Gasteiger partial charge in [0, 0.05) is 0 Å². The van der Waals surface area contributed by atoms with E-state index in [9.17, 15) is 0 Å². The lowest BCUT2D eigenvalue weighted by Crippen LogP contribution is -2.18. The topological polar surface area (TPSA) is 0 Å². The number of rotatable bonds is 3. The molecular formula is C18H24. The van der Waals surface area contributed by atoms with Gasteiger partial charge in [-0.05, 0) is 66.2 Å². The minimum absolute atomic E-state index is 0.562. The first-order chi connectivity index (χ1) is 8.71. The Labute approximate surface area is 111 Å². The van der Waals surface area contributed by atoms with Crippen molar-refractivity contribution in [3.05, 3.63) is 40.0 Å². The van der Waals surface area contributed by atoms with Crippen molar-refractivity contribution in [2.75, 3.05) is 0 Å². The maximum absolute atomic E-state index is 2.42. The second-order valence-electron chi connectivity index (χ2n) is 6.16. The molecule has 0 aliphatic heterocycles. The molecule has 0 radical (unpaired) electrons. The van der Waals surface area contributed by atoms with Crippen LogP contribution in [0.25, 0.3) is 6.08 Å². The maximum Gasteiger partial charge on any atom is -0.00551 e. The molecule has 0 saturated carbocycles. The molecule has 0 fully saturated rings. The zero-order valence-corrected chi connectivity index (χ0v) is 12.0. The first-order valence-corrected chi connectivity index (χ1v) is 7.54. The van der Waals surface area contributed by atoms with Gasteiger partial charge in [0.25, 0.3) is 0 Å². The summed E-state index contributed by atoms with van der Waals surface area (Å²) in [5.74, 6) is 0. The van der Waals surface area contributed by atoms with Gasteiger partial charge in [-0.25, -0.2) is 0 Å². The molecule has 0 saturated heterocycles. The summed E-state index contributed by atoms with van der Waals surface area (Å²) in [7, 11) is 0. The second-order valence-corrected chi connectivity index (χ2v) is 6.16. The molecule has 18 heavy (non-hydrogen) atoms. The van der Waals surface area contributed by atoms with E-state index < -0.39 is 0 Å². The molecule has 0 spiro atoms. The standard InChI is InChI=1S/C18H24/c1-4-13-9-14-7-8-15-11-18(5-2,6-3)12-17(15)16(14)10-13/h7-9H,4-6,10-12H2,1-3H3. The molecule has 0 amide bonds. The van der Waals surface area contributed by atoms with Crippen molar-refractivity contribution in [2.24, 2.45) is 5.41 Å². The van der Waals surface area contributed by atoms with Gasteiger partial charge in [0.2, 0.25) is 0 Å². The lowest BCUT2D eigenvalue weighted by molar-refractivity contribution is 0.280. The van der Waals surface area contributed by atoms with Crippen molar-refractivity contribution in [2.45, 2.75) is 59.3 Å². The van der Waals surface area contributed by atoms with Crippen LogP contribution in [0.2, 0.25) is 0 Å². The van der Waals surface area contributed by atoms with Gasteiger partial charge < -0.3 is 0 Å². The van der Waals surface area contributed by atoms with Crippen LogP contribution in [-0.4, -0.2) is 0 Å². The predicted octanol–water partition coefficient (Wildman–Crippen LogP) is 4.94. The van der Waals surface area contributed by atoms with Crippen LogP contribution in [-0.2, 0) is 19.3 Å². The Morgan fingerprint density at radius 1 is 1.00 bits per heavy atom. The lowest BCUT2D eigenvalue weighted by Gasteiger charge is -2.25. The molecule has 2 aliphatic carbocycles. The Morgan fingerprint density at radius 2 is 1.78 bits per heavy atom. The minimum Gasteiger partial charge on any atom is -0.0655 e. The Balaban J connectivity index is 1.99. The SMILES string of the molecule is CCC1=Cc2ccc3c(c2C1)CC(CC)(CC)C3. The zero-order chi connectivity index (χ0) is 12.8. The Hall–Kier alpha value is -1.04. The fraction of sp³-hybridized carbons (Fsp3) is 0.556. The molecular weight excluding hydrogens is 216 g/mol. The molecule has 0 aromatic heterocycles. The van der Waals surface area contributed by atoms with Gasteiger partial charge in [-0.2, -0.15) is 0 Å². The monoisotopic (exact) mass is 240 g/mol. The normalized spacial score (nSPS) is 19.6. The molecule has 0 heteroatoms. The van der Waals surface area contributed by atoms with E-state index in [1.165, 1.54) is 44.1 Å². The zero-order valence-electron chi connectivity index (χ0n) is 12.0. The fourth-order valence-electron chi connectivity index (χ4n) is 3.81. The molecule has 1 aromatic carbocycles. The van der Waals surface area contributed by atoms with E-state index in [2.05, 4.69) is 39.0 Å². The minimum atomic E-state index is 0.562. The third-order valence-corrected chi connectivity index (χ3v) is 5.40. The largest absolute Gasteiger partial charge is 0.0655 e. The summed E-state index contributed by atoms with van der Waals surface area (Å²) >= 11 is 0. The van der Waals surface area contributed by atoms with Gasteiger partial charge in [0.1, 0.15) is 0 Å². The van der Waals surface area contributed by atoms with Crippen molar-refractivity contribution in [1.82, 2.24) is 0 Å². The van der Waals surface area contributed by atoms with Crippen LogP contribution in [0.15, 0.2) is 17.7 Å². The molecule has 0 bridgehead atoms. The first kappa shape index (κ1) is 12.0. The average molecular weight is 240 g/mol. The average Bonchev–Trinajstić information content (AvgIpc) is 2.99. The van der Waals surface area contributed by atoms with E-state index >= 15 is 0 Å². The summed E-state index contributed by atoms with van der Waals surface area (Å²) in [6.45, 7) is 7.01. The van der Waals surface area contributed by atoms with Crippen molar-refractivity contribution < 1.29 is 0 Å². The van der Waals surface area contributed by atoms with E-state index in [1.807, 2.05) is 0 Å². The van der Waals surface area contributed by atoms with Crippen LogP contribution in [0.3, 0.4) is 0 Å². The summed E-state index contributed by atoms with van der Waals surface area (Å²) < 4.78 is 0. The van der Waals surface area contributed by atoms with E-state index in [0.29, 0.717) is 5.41 Å². The molecule has 3 rings (SSSR count). The predicted molar refractivity (Wildman–Crippen MR) is 78.8 cm³/mol. The van der Waals surface area contributed by atoms with Gasteiger partial charge in [0.15, 0.2) is 0 Å². The van der Waals surface area contributed by atoms with Crippen LogP contribution in [0.5, 0.6) is 0 Å². The molecule has 2 aliphatic rings. The Morgan fingerprint density at radius 3 is 2.44 bits per heavy atom. The molecule has 1 aromatic rings. The highest BCUT2D eigenvalue weighted by atomic mass is 14.4. The Bertz CT molecular complexity index is 501. The molecule has 0 unspecified atom stereocenters. The summed E-state index contributed by atoms with van der Waals surface area (Å²) in [6, 6.07) is 4.76. The first-order valence-electron chi connectivity index (χ1n) is 7.54. The van der Waals surface area contributed by atoms with Gasteiger partial charge in [-0.1, -0.05) is 44.6 Å². The van der Waals surface area contributed by atoms with Crippen molar-refractivity contribution in [3.63, 3.8) is 0 Å².